The zero-order valence-corrected chi connectivity index (χ0v) is 14.4. The summed E-state index contributed by atoms with van der Waals surface area (Å²) in [6.45, 7) is 5.26. The summed E-state index contributed by atoms with van der Waals surface area (Å²) in [7, 11) is 0. The van der Waals surface area contributed by atoms with Gasteiger partial charge in [0.15, 0.2) is 5.13 Å². The molecule has 0 atom stereocenters. The first-order valence-corrected chi connectivity index (χ1v) is 8.08. The lowest BCUT2D eigenvalue weighted by Crippen LogP contribution is -2.27. The second-order valence-electron chi connectivity index (χ2n) is 5.94. The van der Waals surface area contributed by atoms with Crippen LogP contribution in [0.3, 0.4) is 0 Å². The van der Waals surface area contributed by atoms with E-state index >= 15 is 0 Å². The Morgan fingerprint density at radius 3 is 2.50 bits per heavy atom. The number of carboxylic acid groups (broad SMARTS) is 1. The van der Waals surface area contributed by atoms with Crippen LogP contribution in [0.15, 0.2) is 35.7 Å². The molecule has 126 valence electrons. The Morgan fingerprint density at radius 2 is 1.92 bits per heavy atom. The van der Waals surface area contributed by atoms with Gasteiger partial charge in [0.05, 0.1) is 11.3 Å². The molecule has 2 N–H and O–H groups in total. The van der Waals surface area contributed by atoms with Crippen molar-refractivity contribution in [3.63, 3.8) is 0 Å². The van der Waals surface area contributed by atoms with Gasteiger partial charge in [-0.2, -0.15) is 0 Å². The lowest BCUT2D eigenvalue weighted by Gasteiger charge is -2.18. The topological polar surface area (TPSA) is 88.5 Å². The van der Waals surface area contributed by atoms with E-state index in [1.165, 1.54) is 6.08 Å². The van der Waals surface area contributed by atoms with Crippen LogP contribution in [-0.4, -0.2) is 27.8 Å². The summed E-state index contributed by atoms with van der Waals surface area (Å²) >= 11 is 1.13. The van der Waals surface area contributed by atoms with Crippen LogP contribution in [-0.2, 0) is 9.53 Å². The number of thiazole rings is 1. The van der Waals surface area contributed by atoms with Crippen LogP contribution in [0.1, 0.15) is 32.0 Å². The summed E-state index contributed by atoms with van der Waals surface area (Å²) in [6, 6.07) is 9.09. The van der Waals surface area contributed by atoms with Crippen LogP contribution in [0, 0.1) is 0 Å². The molecule has 1 aromatic heterocycles. The van der Waals surface area contributed by atoms with Gasteiger partial charge >= 0.3 is 12.1 Å². The van der Waals surface area contributed by atoms with Gasteiger partial charge in [0.1, 0.15) is 5.60 Å². The molecule has 1 amide bonds. The van der Waals surface area contributed by atoms with Crippen molar-refractivity contribution in [3.05, 3.63) is 47.0 Å². The Bertz CT molecular complexity index is 760. The summed E-state index contributed by atoms with van der Waals surface area (Å²) in [5.74, 6) is -1.09. The molecule has 0 spiro atoms. The van der Waals surface area contributed by atoms with E-state index < -0.39 is 17.7 Å². The van der Waals surface area contributed by atoms with Crippen molar-refractivity contribution in [1.82, 2.24) is 4.98 Å². The molecule has 2 rings (SSSR count). The van der Waals surface area contributed by atoms with E-state index in [4.69, 9.17) is 4.74 Å². The fraction of sp³-hybridized carbons (Fsp3) is 0.235. The normalized spacial score (nSPS) is 11.9. The quantitative estimate of drug-likeness (QED) is 0.813. The monoisotopic (exact) mass is 346 g/mol. The van der Waals surface area contributed by atoms with E-state index in [0.29, 0.717) is 0 Å². The number of aliphatic carboxylic acids is 1. The van der Waals surface area contributed by atoms with Gasteiger partial charge in [0.25, 0.3) is 0 Å². The summed E-state index contributed by atoms with van der Waals surface area (Å²) < 4.78 is 5.14. The van der Waals surface area contributed by atoms with Crippen molar-refractivity contribution >= 4 is 40.2 Å². The molecular formula is C17H18N2O4S. The highest BCUT2D eigenvalue weighted by atomic mass is 32.1. The molecule has 2 aromatic rings. The number of hydrogen-bond acceptors (Lipinski definition) is 5. The molecule has 0 bridgehead atoms. The van der Waals surface area contributed by atoms with Crippen LogP contribution in [0.25, 0.3) is 11.6 Å². The molecule has 0 aliphatic heterocycles. The fourth-order valence-corrected chi connectivity index (χ4v) is 2.50. The molecule has 1 heterocycles. The zero-order chi connectivity index (χ0) is 17.7. The third-order valence-corrected chi connectivity index (χ3v) is 3.49. The Labute approximate surface area is 143 Å². The predicted octanol–water partition coefficient (Wildman–Crippen LogP) is 4.12. The van der Waals surface area contributed by atoms with Crippen LogP contribution in [0.4, 0.5) is 9.93 Å². The molecule has 0 unspecified atom stereocenters. The van der Waals surface area contributed by atoms with E-state index in [1.54, 1.807) is 38.3 Å². The number of nitrogens with zero attached hydrogens (tertiary/aromatic N) is 1. The number of rotatable bonds is 4. The van der Waals surface area contributed by atoms with E-state index in [0.717, 1.165) is 16.9 Å². The Hall–Kier alpha value is -2.67. The molecular weight excluding hydrogens is 328 g/mol. The highest BCUT2D eigenvalue weighted by Crippen LogP contribution is 2.24. The fourth-order valence-electron chi connectivity index (χ4n) is 1.81. The van der Waals surface area contributed by atoms with Crippen molar-refractivity contribution in [2.24, 2.45) is 0 Å². The lowest BCUT2D eigenvalue weighted by atomic mass is 10.1. The molecule has 0 saturated carbocycles. The maximum atomic E-state index is 11.7. The largest absolute Gasteiger partial charge is 0.478 e. The maximum Gasteiger partial charge on any atom is 0.413 e. The standard InChI is InChI=1S/C17H18N2O4S/c1-17(2,3)23-16(22)19-15-18-13(10-24-15)12(14(20)21)9-11-7-5-4-6-8-11/h4-10H,1-3H3,(H,20,21)(H,18,19,22)/b12-9+. The minimum atomic E-state index is -1.09. The van der Waals surface area contributed by atoms with Crippen LogP contribution >= 0.6 is 11.3 Å². The molecule has 7 heteroatoms. The van der Waals surface area contributed by atoms with Gasteiger partial charge in [-0.05, 0) is 32.4 Å². The van der Waals surface area contributed by atoms with Crippen LogP contribution < -0.4 is 5.32 Å². The number of ether oxygens (including phenoxy) is 1. The Balaban J connectivity index is 2.19. The molecule has 0 saturated heterocycles. The Kier molecular flexibility index (Phi) is 5.35. The van der Waals surface area contributed by atoms with Gasteiger partial charge in [-0.1, -0.05) is 30.3 Å². The summed E-state index contributed by atoms with van der Waals surface area (Å²) in [5.41, 5.74) is 0.463. The molecule has 0 aliphatic carbocycles. The first-order chi connectivity index (χ1) is 11.2. The van der Waals surface area contributed by atoms with Crippen molar-refractivity contribution in [2.45, 2.75) is 26.4 Å². The van der Waals surface area contributed by atoms with Crippen molar-refractivity contribution in [3.8, 4) is 0 Å². The Morgan fingerprint density at radius 1 is 1.25 bits per heavy atom. The SMILES string of the molecule is CC(C)(C)OC(=O)Nc1nc(/C(=C\c2ccccc2)C(=O)O)cs1. The van der Waals surface area contributed by atoms with Crippen molar-refractivity contribution in [2.75, 3.05) is 5.32 Å². The number of carboxylic acids is 1. The third kappa shape index (κ3) is 5.20. The molecule has 1 aromatic carbocycles. The highest BCUT2D eigenvalue weighted by molar-refractivity contribution is 7.14. The van der Waals surface area contributed by atoms with Gasteiger partial charge in [-0.25, -0.2) is 14.6 Å². The maximum absolute atomic E-state index is 11.7. The number of benzene rings is 1. The average Bonchev–Trinajstić information content (AvgIpc) is 2.91. The summed E-state index contributed by atoms with van der Waals surface area (Å²) in [4.78, 5) is 27.4. The molecule has 0 aliphatic rings. The molecule has 24 heavy (non-hydrogen) atoms. The van der Waals surface area contributed by atoms with Gasteiger partial charge in [0, 0.05) is 5.38 Å². The summed E-state index contributed by atoms with van der Waals surface area (Å²) in [6.07, 6.45) is 0.904. The first kappa shape index (κ1) is 17.7. The van der Waals surface area contributed by atoms with Gasteiger partial charge < -0.3 is 9.84 Å². The zero-order valence-electron chi connectivity index (χ0n) is 13.6. The lowest BCUT2D eigenvalue weighted by molar-refractivity contribution is -0.130. The number of hydrogen-bond donors (Lipinski definition) is 2. The van der Waals surface area contributed by atoms with E-state index in [-0.39, 0.29) is 16.4 Å². The van der Waals surface area contributed by atoms with Crippen LogP contribution in [0.2, 0.25) is 0 Å². The van der Waals surface area contributed by atoms with Crippen LogP contribution in [0.5, 0.6) is 0 Å². The van der Waals surface area contributed by atoms with Crippen molar-refractivity contribution in [1.29, 1.82) is 0 Å². The predicted molar refractivity (Wildman–Crippen MR) is 93.9 cm³/mol. The highest BCUT2D eigenvalue weighted by Gasteiger charge is 2.19. The number of aromatic nitrogens is 1. The minimum Gasteiger partial charge on any atom is -0.478 e. The molecule has 0 fully saturated rings. The molecule has 0 radical (unpaired) electrons. The number of anilines is 1. The second kappa shape index (κ2) is 7.27. The number of carbonyl (C=O) groups excluding carboxylic acids is 1. The van der Waals surface area contributed by atoms with Crippen molar-refractivity contribution < 1.29 is 19.4 Å². The van der Waals surface area contributed by atoms with E-state index in [1.807, 2.05) is 18.2 Å². The molecule has 6 nitrogen and oxygen atoms in total. The van der Waals surface area contributed by atoms with Gasteiger partial charge in [-0.3, -0.25) is 5.32 Å². The van der Waals surface area contributed by atoms with Gasteiger partial charge in [0.2, 0.25) is 0 Å². The number of amides is 1. The second-order valence-corrected chi connectivity index (χ2v) is 6.80. The smallest absolute Gasteiger partial charge is 0.413 e. The van der Waals surface area contributed by atoms with E-state index in [2.05, 4.69) is 10.3 Å². The average molecular weight is 346 g/mol. The summed E-state index contributed by atoms with van der Waals surface area (Å²) in [5, 5.41) is 13.8. The van der Waals surface area contributed by atoms with E-state index in [9.17, 15) is 14.7 Å². The third-order valence-electron chi connectivity index (χ3n) is 2.73. The first-order valence-electron chi connectivity index (χ1n) is 7.20. The van der Waals surface area contributed by atoms with Gasteiger partial charge in [-0.15, -0.1) is 11.3 Å². The minimum absolute atomic E-state index is 0.0506. The number of nitrogens with one attached hydrogen (secondary N) is 1. The number of carbonyl (C=O) groups is 2.